The number of aliphatic hydroxyl groups excluding tert-OH is 2. The molecule has 12 heteroatoms. The van der Waals surface area contributed by atoms with Crippen molar-refractivity contribution < 1.29 is 39.6 Å². The zero-order chi connectivity index (χ0) is 30.4. The summed E-state index contributed by atoms with van der Waals surface area (Å²) in [5.74, 6) is -6.61. The zero-order valence-corrected chi connectivity index (χ0v) is 23.3. The normalized spacial score (nSPS) is 23.2. The molecule has 1 saturated carbocycles. The van der Waals surface area contributed by atoms with E-state index in [1.165, 1.54) is 0 Å². The first-order valence-electron chi connectivity index (χ1n) is 13.0. The highest BCUT2D eigenvalue weighted by Crippen LogP contribution is 2.53. The second-order valence-corrected chi connectivity index (χ2v) is 10.8. The number of Topliss-reactive ketones (excluding diaryl/α,β-unsaturated/α-hetero) is 2. The van der Waals surface area contributed by atoms with Crippen molar-refractivity contribution >= 4 is 35.2 Å². The number of fused-ring (bicyclic) bond motifs is 3. The Hall–Kier alpha value is -4.42. The molecule has 3 aliphatic carbocycles. The van der Waals surface area contributed by atoms with Crippen LogP contribution in [0.25, 0.3) is 5.76 Å². The summed E-state index contributed by atoms with van der Waals surface area (Å²) in [4.78, 5) is 50.9. The molecule has 3 aliphatic rings. The standard InChI is InChI=1S/C27H27N3O8.C2H7N/c1-29(2)17-7-14(10-30-4-3-12(9-30)11-31)22(33)20-16(17)6-13-5-15-8-18(32)21(26(28)37)25(36)27(15,38)24(35)19(13)23(20)34;1-3-2/h3-4,7,9,11,13,15,33-34,36,38H,5-6,8,10H2,1-2H3,(H2,28,37);3H,1-2H3/t13?,15-,27-;/m0./s1. The van der Waals surface area contributed by atoms with Crippen LogP contribution in [-0.4, -0.2) is 82.5 Å². The van der Waals surface area contributed by atoms with Gasteiger partial charge in [0.1, 0.15) is 22.8 Å². The van der Waals surface area contributed by atoms with Crippen molar-refractivity contribution in [2.45, 2.75) is 31.4 Å². The van der Waals surface area contributed by atoms with Crippen molar-refractivity contribution in [3.05, 3.63) is 63.7 Å². The molecule has 1 unspecified atom stereocenters. The number of anilines is 1. The number of ketones is 2. The van der Waals surface area contributed by atoms with Crippen molar-refractivity contribution in [3.8, 4) is 5.75 Å². The molecular weight excluding hydrogens is 532 g/mol. The number of aldehydes is 1. The first-order valence-corrected chi connectivity index (χ1v) is 13.0. The number of rotatable bonds is 5. The maximum absolute atomic E-state index is 13.7. The molecule has 1 aromatic carbocycles. The second-order valence-electron chi connectivity index (χ2n) is 10.8. The molecule has 0 spiro atoms. The first-order chi connectivity index (χ1) is 19.3. The third kappa shape index (κ3) is 4.68. The van der Waals surface area contributed by atoms with Crippen LogP contribution in [0.1, 0.15) is 39.9 Å². The molecule has 5 rings (SSSR count). The summed E-state index contributed by atoms with van der Waals surface area (Å²) in [6, 6.07) is 3.39. The van der Waals surface area contributed by atoms with Crippen LogP contribution in [-0.2, 0) is 27.3 Å². The van der Waals surface area contributed by atoms with Crippen molar-refractivity contribution in [2.75, 3.05) is 33.1 Å². The number of nitrogens with zero attached hydrogens (tertiary/aromatic N) is 2. The van der Waals surface area contributed by atoms with E-state index in [4.69, 9.17) is 5.73 Å². The van der Waals surface area contributed by atoms with Crippen LogP contribution >= 0.6 is 0 Å². The summed E-state index contributed by atoms with van der Waals surface area (Å²) in [6.07, 6.45) is 3.88. The highest BCUT2D eigenvalue weighted by molar-refractivity contribution is 6.22. The summed E-state index contributed by atoms with van der Waals surface area (Å²) in [7, 11) is 7.34. The number of amides is 1. The molecule has 0 radical (unpaired) electrons. The largest absolute Gasteiger partial charge is 0.508 e. The van der Waals surface area contributed by atoms with Gasteiger partial charge in [-0.25, -0.2) is 0 Å². The zero-order valence-electron chi connectivity index (χ0n) is 23.3. The van der Waals surface area contributed by atoms with Gasteiger partial charge < -0.3 is 40.9 Å². The summed E-state index contributed by atoms with van der Waals surface area (Å²) >= 11 is 0. The summed E-state index contributed by atoms with van der Waals surface area (Å²) < 4.78 is 1.69. The van der Waals surface area contributed by atoms with E-state index in [0.717, 1.165) is 0 Å². The molecule has 0 saturated heterocycles. The lowest BCUT2D eigenvalue weighted by Crippen LogP contribution is -2.58. The minimum absolute atomic E-state index is 0.0288. The fraction of sp³-hybridized carbons (Fsp3) is 0.379. The molecule has 1 fully saturated rings. The van der Waals surface area contributed by atoms with Gasteiger partial charge in [0, 0.05) is 61.2 Å². The Morgan fingerprint density at radius 1 is 1.22 bits per heavy atom. The highest BCUT2D eigenvalue weighted by Gasteiger charge is 2.60. The Balaban J connectivity index is 0.00000124. The maximum atomic E-state index is 13.7. The van der Waals surface area contributed by atoms with Gasteiger partial charge in [-0.15, -0.1) is 0 Å². The number of primary amides is 1. The van der Waals surface area contributed by atoms with Gasteiger partial charge in [0.2, 0.25) is 5.78 Å². The third-order valence-electron chi connectivity index (χ3n) is 7.86. The molecule has 218 valence electrons. The Morgan fingerprint density at radius 3 is 2.44 bits per heavy atom. The number of nitrogens with two attached hydrogens (primary N) is 1. The van der Waals surface area contributed by atoms with E-state index in [9.17, 15) is 39.6 Å². The quantitative estimate of drug-likeness (QED) is 0.224. The molecule has 0 aliphatic heterocycles. The fourth-order valence-corrected chi connectivity index (χ4v) is 6.07. The van der Waals surface area contributed by atoms with Gasteiger partial charge in [-0.2, -0.15) is 0 Å². The number of benzene rings is 1. The van der Waals surface area contributed by atoms with Crippen molar-refractivity contribution in [3.63, 3.8) is 0 Å². The Labute approximate surface area is 236 Å². The van der Waals surface area contributed by atoms with Crippen molar-refractivity contribution in [1.82, 2.24) is 9.88 Å². The predicted octanol–water partition coefficient (Wildman–Crippen LogP) is 0.988. The number of aromatic nitrogens is 1. The number of hydrogen-bond donors (Lipinski definition) is 6. The summed E-state index contributed by atoms with van der Waals surface area (Å²) in [5, 5.41) is 47.6. The predicted molar refractivity (Wildman–Crippen MR) is 150 cm³/mol. The van der Waals surface area contributed by atoms with Crippen LogP contribution in [0.4, 0.5) is 5.69 Å². The molecule has 0 bridgehead atoms. The van der Waals surface area contributed by atoms with Gasteiger partial charge in [-0.05, 0) is 50.6 Å². The number of nitrogens with one attached hydrogen (secondary N) is 1. The number of carbonyl (C=O) groups is 4. The molecular formula is C29H34N4O8. The van der Waals surface area contributed by atoms with E-state index < -0.39 is 52.0 Å². The number of carbonyl (C=O) groups excluding carboxylic acids is 4. The van der Waals surface area contributed by atoms with Crippen molar-refractivity contribution in [2.24, 2.45) is 17.6 Å². The van der Waals surface area contributed by atoms with E-state index in [2.05, 4.69) is 5.32 Å². The lowest BCUT2D eigenvalue weighted by atomic mass is 9.59. The monoisotopic (exact) mass is 566 g/mol. The van der Waals surface area contributed by atoms with E-state index >= 15 is 0 Å². The summed E-state index contributed by atoms with van der Waals surface area (Å²) in [6.45, 7) is 0.160. The van der Waals surface area contributed by atoms with Crippen LogP contribution in [0.2, 0.25) is 0 Å². The number of aromatic hydroxyl groups is 1. The number of phenols is 1. The first kappa shape index (κ1) is 29.6. The molecule has 1 heterocycles. The van der Waals surface area contributed by atoms with E-state index in [0.29, 0.717) is 28.7 Å². The van der Waals surface area contributed by atoms with Gasteiger partial charge in [-0.1, -0.05) is 0 Å². The molecule has 2 aromatic rings. The molecule has 12 nitrogen and oxygen atoms in total. The van der Waals surface area contributed by atoms with Crippen LogP contribution in [0.3, 0.4) is 0 Å². The minimum atomic E-state index is -2.61. The van der Waals surface area contributed by atoms with Crippen LogP contribution in [0.15, 0.2) is 41.4 Å². The fourth-order valence-electron chi connectivity index (χ4n) is 6.07. The third-order valence-corrected chi connectivity index (χ3v) is 7.86. The minimum Gasteiger partial charge on any atom is -0.508 e. The van der Waals surface area contributed by atoms with Gasteiger partial charge >= 0.3 is 0 Å². The number of hydrogen-bond acceptors (Lipinski definition) is 10. The van der Waals surface area contributed by atoms with Gasteiger partial charge in [0.15, 0.2) is 17.7 Å². The molecule has 1 aromatic heterocycles. The van der Waals surface area contributed by atoms with Crippen LogP contribution in [0.5, 0.6) is 5.75 Å². The summed E-state index contributed by atoms with van der Waals surface area (Å²) in [5.41, 5.74) is 3.77. The Morgan fingerprint density at radius 2 is 1.88 bits per heavy atom. The van der Waals surface area contributed by atoms with E-state index in [1.54, 1.807) is 43.2 Å². The van der Waals surface area contributed by atoms with Crippen LogP contribution < -0.4 is 16.0 Å². The average Bonchev–Trinajstić information content (AvgIpc) is 3.35. The smallest absolute Gasteiger partial charge is 0.255 e. The molecule has 3 atom stereocenters. The number of aliphatic hydroxyl groups is 3. The Kier molecular flexibility index (Phi) is 7.83. The van der Waals surface area contributed by atoms with Gasteiger partial charge in [0.05, 0.1) is 12.1 Å². The molecule has 41 heavy (non-hydrogen) atoms. The SMILES string of the molecule is CN(C)c1cc(Cn2ccc(C=O)c2)c(O)c2c1CC1C[C@H]3CC(=O)C(C(N)=O)=C(O)[C@@]3(O)C(=O)C1=C2O.CNC. The van der Waals surface area contributed by atoms with Gasteiger partial charge in [-0.3, -0.25) is 19.2 Å². The second kappa shape index (κ2) is 10.9. The van der Waals surface area contributed by atoms with Crippen molar-refractivity contribution in [1.29, 1.82) is 0 Å². The maximum Gasteiger partial charge on any atom is 0.255 e. The van der Waals surface area contributed by atoms with E-state index in [-0.39, 0.29) is 42.7 Å². The highest BCUT2D eigenvalue weighted by atomic mass is 16.3. The lowest BCUT2D eigenvalue weighted by Gasteiger charge is -2.46. The lowest BCUT2D eigenvalue weighted by molar-refractivity contribution is -0.147. The average molecular weight is 567 g/mol. The Bertz CT molecular complexity index is 1520. The van der Waals surface area contributed by atoms with E-state index in [1.807, 2.05) is 19.0 Å². The topological polar surface area (TPSA) is 195 Å². The number of phenolic OH excluding ortho intramolecular Hbond substituents is 1. The van der Waals surface area contributed by atoms with Gasteiger partial charge in [0.25, 0.3) is 5.91 Å². The molecule has 1 amide bonds. The van der Waals surface area contributed by atoms with Crippen LogP contribution in [0, 0.1) is 11.8 Å². The molecule has 7 N–H and O–H groups in total.